The Hall–Kier alpha value is -0.0900. The minimum atomic E-state index is 0.163. The predicted molar refractivity (Wildman–Crippen MR) is 83.1 cm³/mol. The molecule has 0 amide bonds. The Morgan fingerprint density at radius 1 is 1.44 bits per heavy atom. The summed E-state index contributed by atoms with van der Waals surface area (Å²) < 4.78 is 1.04. The number of nitrogens with two attached hydrogens (primary N) is 1. The van der Waals surface area contributed by atoms with Crippen LogP contribution in [0.4, 0.5) is 0 Å². The van der Waals surface area contributed by atoms with Gasteiger partial charge >= 0.3 is 0 Å². The molecule has 0 saturated heterocycles. The summed E-state index contributed by atoms with van der Waals surface area (Å²) in [7, 11) is 2.12. The Labute approximate surface area is 124 Å². The van der Waals surface area contributed by atoms with E-state index in [1.165, 1.54) is 12.8 Å². The van der Waals surface area contributed by atoms with Gasteiger partial charge in [-0.3, -0.25) is 4.90 Å². The van der Waals surface area contributed by atoms with Gasteiger partial charge in [0.05, 0.1) is 0 Å². The summed E-state index contributed by atoms with van der Waals surface area (Å²) in [5, 5.41) is 0.782. The zero-order valence-corrected chi connectivity index (χ0v) is 13.6. The average Bonchev–Trinajstić information content (AvgIpc) is 2.34. The summed E-state index contributed by atoms with van der Waals surface area (Å²) in [5.41, 5.74) is 7.04. The number of hydrogen-bond donors (Lipinski definition) is 1. The highest BCUT2D eigenvalue weighted by Gasteiger charge is 2.22. The molecule has 1 aromatic carbocycles. The lowest BCUT2D eigenvalue weighted by molar-refractivity contribution is 0.180. The van der Waals surface area contributed by atoms with Crippen LogP contribution in [-0.2, 0) is 0 Å². The third kappa shape index (κ3) is 3.95. The van der Waals surface area contributed by atoms with Crippen molar-refractivity contribution in [3.63, 3.8) is 0 Å². The van der Waals surface area contributed by atoms with Gasteiger partial charge in [0.15, 0.2) is 0 Å². The van der Waals surface area contributed by atoms with Gasteiger partial charge < -0.3 is 5.73 Å². The first-order valence-electron chi connectivity index (χ1n) is 6.38. The molecule has 0 aromatic heterocycles. The van der Waals surface area contributed by atoms with Crippen molar-refractivity contribution in [2.75, 3.05) is 13.6 Å². The normalized spacial score (nSPS) is 14.8. The quantitative estimate of drug-likeness (QED) is 0.844. The first kappa shape index (κ1) is 16.0. The van der Waals surface area contributed by atoms with Crippen molar-refractivity contribution in [2.24, 2.45) is 5.73 Å². The van der Waals surface area contributed by atoms with Crippen LogP contribution in [0.1, 0.15) is 38.3 Å². The van der Waals surface area contributed by atoms with Crippen LogP contribution in [0.15, 0.2) is 22.7 Å². The molecule has 2 atom stereocenters. The summed E-state index contributed by atoms with van der Waals surface area (Å²) in [5.74, 6) is 0. The molecule has 0 aliphatic heterocycles. The second-order valence-corrected chi connectivity index (χ2v) is 6.04. The van der Waals surface area contributed by atoms with Crippen LogP contribution in [0, 0.1) is 0 Å². The minimum absolute atomic E-state index is 0.163. The highest BCUT2D eigenvalue weighted by Crippen LogP contribution is 2.30. The van der Waals surface area contributed by atoms with Crippen LogP contribution in [0.5, 0.6) is 0 Å². The number of nitrogens with zero attached hydrogens (tertiary/aromatic N) is 1. The molecular weight excluding hydrogens is 312 g/mol. The van der Waals surface area contributed by atoms with Gasteiger partial charge in [0, 0.05) is 28.1 Å². The maximum Gasteiger partial charge on any atom is 0.0485 e. The van der Waals surface area contributed by atoms with Gasteiger partial charge in [0.1, 0.15) is 0 Å². The van der Waals surface area contributed by atoms with Crippen molar-refractivity contribution in [3.05, 3.63) is 33.3 Å². The standard InChI is InChI=1S/C14H22BrClN2/c1-4-5-10(2)18(3)14(9-17)12-8-11(15)6-7-13(12)16/h6-8,10,14H,4-5,9,17H2,1-3H3. The maximum atomic E-state index is 6.29. The fourth-order valence-electron chi connectivity index (χ4n) is 2.21. The molecule has 0 bridgehead atoms. The van der Waals surface area contributed by atoms with Crippen molar-refractivity contribution in [2.45, 2.75) is 38.8 Å². The molecule has 0 heterocycles. The number of rotatable bonds is 6. The van der Waals surface area contributed by atoms with Crippen LogP contribution in [0.3, 0.4) is 0 Å². The second kappa shape index (κ2) is 7.49. The molecule has 0 saturated carbocycles. The molecule has 1 rings (SSSR count). The van der Waals surface area contributed by atoms with Crippen molar-refractivity contribution < 1.29 is 0 Å². The lowest BCUT2D eigenvalue weighted by atomic mass is 10.0. The van der Waals surface area contributed by atoms with Crippen LogP contribution >= 0.6 is 27.5 Å². The average molecular weight is 334 g/mol. The molecule has 0 aliphatic rings. The third-order valence-electron chi connectivity index (χ3n) is 3.43. The van der Waals surface area contributed by atoms with Gasteiger partial charge in [0.2, 0.25) is 0 Å². The molecule has 0 aliphatic carbocycles. The summed E-state index contributed by atoms with van der Waals surface area (Å²) >= 11 is 9.79. The minimum Gasteiger partial charge on any atom is -0.329 e. The van der Waals surface area contributed by atoms with Crippen LogP contribution in [0.25, 0.3) is 0 Å². The molecule has 1 aromatic rings. The highest BCUT2D eigenvalue weighted by atomic mass is 79.9. The van der Waals surface area contributed by atoms with Gasteiger partial charge in [-0.15, -0.1) is 0 Å². The van der Waals surface area contributed by atoms with E-state index in [-0.39, 0.29) is 6.04 Å². The first-order valence-corrected chi connectivity index (χ1v) is 7.55. The zero-order chi connectivity index (χ0) is 13.7. The second-order valence-electron chi connectivity index (χ2n) is 4.72. The topological polar surface area (TPSA) is 29.3 Å². The molecule has 2 N–H and O–H groups in total. The fraction of sp³-hybridized carbons (Fsp3) is 0.571. The third-order valence-corrected chi connectivity index (χ3v) is 4.27. The van der Waals surface area contributed by atoms with Gasteiger partial charge in [-0.25, -0.2) is 0 Å². The van der Waals surface area contributed by atoms with Gasteiger partial charge in [-0.2, -0.15) is 0 Å². The molecule has 0 spiro atoms. The summed E-state index contributed by atoms with van der Waals surface area (Å²) in [4.78, 5) is 2.32. The van der Waals surface area contributed by atoms with Gasteiger partial charge in [-0.05, 0) is 44.2 Å². The number of likely N-dealkylation sites (N-methyl/N-ethyl adjacent to an activating group) is 1. The summed E-state index contributed by atoms with van der Waals surface area (Å²) in [6, 6.07) is 6.60. The SMILES string of the molecule is CCCC(C)N(C)C(CN)c1cc(Br)ccc1Cl. The van der Waals surface area contributed by atoms with E-state index < -0.39 is 0 Å². The summed E-state index contributed by atoms with van der Waals surface area (Å²) in [6.45, 7) is 5.01. The smallest absolute Gasteiger partial charge is 0.0485 e. The zero-order valence-electron chi connectivity index (χ0n) is 11.3. The van der Waals surface area contributed by atoms with Crippen molar-refractivity contribution in [3.8, 4) is 0 Å². The Kier molecular flexibility index (Phi) is 6.64. The highest BCUT2D eigenvalue weighted by molar-refractivity contribution is 9.10. The van der Waals surface area contributed by atoms with Gasteiger partial charge in [-0.1, -0.05) is 40.9 Å². The Bertz CT molecular complexity index is 384. The van der Waals surface area contributed by atoms with E-state index in [0.29, 0.717) is 12.6 Å². The molecular formula is C14H22BrClN2. The Balaban J connectivity index is 2.98. The van der Waals surface area contributed by atoms with Crippen LogP contribution in [0.2, 0.25) is 5.02 Å². The number of hydrogen-bond acceptors (Lipinski definition) is 2. The predicted octanol–water partition coefficient (Wildman–Crippen LogP) is 4.22. The molecule has 2 unspecified atom stereocenters. The Morgan fingerprint density at radius 3 is 2.67 bits per heavy atom. The summed E-state index contributed by atoms with van der Waals surface area (Å²) in [6.07, 6.45) is 2.34. The van der Waals surface area contributed by atoms with Crippen molar-refractivity contribution in [1.29, 1.82) is 0 Å². The fourth-order valence-corrected chi connectivity index (χ4v) is 2.83. The van der Waals surface area contributed by atoms with Crippen LogP contribution in [-0.4, -0.2) is 24.5 Å². The van der Waals surface area contributed by atoms with E-state index in [2.05, 4.69) is 47.8 Å². The lowest BCUT2D eigenvalue weighted by Crippen LogP contribution is -2.37. The maximum absolute atomic E-state index is 6.29. The van der Waals surface area contributed by atoms with Gasteiger partial charge in [0.25, 0.3) is 0 Å². The molecule has 2 nitrogen and oxygen atoms in total. The first-order chi connectivity index (χ1) is 8.51. The van der Waals surface area contributed by atoms with E-state index >= 15 is 0 Å². The lowest BCUT2D eigenvalue weighted by Gasteiger charge is -2.33. The van der Waals surface area contributed by atoms with E-state index in [4.69, 9.17) is 17.3 Å². The monoisotopic (exact) mass is 332 g/mol. The van der Waals surface area contributed by atoms with Crippen molar-refractivity contribution >= 4 is 27.5 Å². The van der Waals surface area contributed by atoms with E-state index in [1.807, 2.05) is 12.1 Å². The largest absolute Gasteiger partial charge is 0.329 e. The Morgan fingerprint density at radius 2 is 2.11 bits per heavy atom. The van der Waals surface area contributed by atoms with Crippen molar-refractivity contribution in [1.82, 2.24) is 4.90 Å². The van der Waals surface area contributed by atoms with E-state index in [0.717, 1.165) is 15.1 Å². The van der Waals surface area contributed by atoms with E-state index in [9.17, 15) is 0 Å². The van der Waals surface area contributed by atoms with Crippen LogP contribution < -0.4 is 5.73 Å². The molecule has 0 fully saturated rings. The number of benzene rings is 1. The van der Waals surface area contributed by atoms with E-state index in [1.54, 1.807) is 0 Å². The molecule has 18 heavy (non-hydrogen) atoms. The molecule has 0 radical (unpaired) electrons. The molecule has 102 valence electrons. The number of halogens is 2. The molecule has 4 heteroatoms.